The third kappa shape index (κ3) is 3.28. The van der Waals surface area contributed by atoms with Gasteiger partial charge in [-0.05, 0) is 42.0 Å². The first-order valence-corrected chi connectivity index (χ1v) is 8.55. The van der Waals surface area contributed by atoms with Gasteiger partial charge in [0.2, 0.25) is 0 Å². The van der Waals surface area contributed by atoms with Crippen LogP contribution < -0.4 is 5.32 Å². The van der Waals surface area contributed by atoms with Crippen LogP contribution in [0.1, 0.15) is 37.1 Å². The van der Waals surface area contributed by atoms with E-state index in [4.69, 9.17) is 0 Å². The highest BCUT2D eigenvalue weighted by Gasteiger charge is 2.10. The van der Waals surface area contributed by atoms with E-state index in [9.17, 15) is 0 Å². The van der Waals surface area contributed by atoms with Crippen LogP contribution >= 0.6 is 11.3 Å². The highest BCUT2D eigenvalue weighted by molar-refractivity contribution is 7.09. The van der Waals surface area contributed by atoms with E-state index in [1.54, 1.807) is 17.7 Å². The maximum Gasteiger partial charge on any atom is 0.137 e. The summed E-state index contributed by atoms with van der Waals surface area (Å²) in [5, 5.41) is 6.77. The third-order valence-corrected chi connectivity index (χ3v) is 4.70. The number of nitrogens with one attached hydrogen (secondary N) is 1. The molecule has 0 saturated heterocycles. The summed E-state index contributed by atoms with van der Waals surface area (Å²) in [6.45, 7) is 6.61. The Morgan fingerprint density at radius 1 is 1.14 bits per heavy atom. The Hall–Kier alpha value is -1.94. The van der Waals surface area contributed by atoms with Gasteiger partial charge in [0.15, 0.2) is 0 Å². The molecule has 0 aliphatic carbocycles. The SMILES string of the molecule is CC(Cc1cccs1)Nc1ncnc2ccc(C(C)C)cc12. The maximum absolute atomic E-state index is 4.46. The Labute approximate surface area is 135 Å². The van der Waals surface area contributed by atoms with E-state index in [1.807, 2.05) is 0 Å². The Balaban J connectivity index is 1.87. The van der Waals surface area contributed by atoms with Crippen molar-refractivity contribution in [2.45, 2.75) is 39.2 Å². The zero-order chi connectivity index (χ0) is 15.5. The van der Waals surface area contributed by atoms with Gasteiger partial charge in [-0.3, -0.25) is 0 Å². The molecule has 0 aliphatic rings. The van der Waals surface area contributed by atoms with E-state index in [0.717, 1.165) is 23.1 Å². The lowest BCUT2D eigenvalue weighted by Crippen LogP contribution is -2.18. The first-order valence-electron chi connectivity index (χ1n) is 7.67. The molecule has 114 valence electrons. The van der Waals surface area contributed by atoms with Crippen molar-refractivity contribution < 1.29 is 0 Å². The summed E-state index contributed by atoms with van der Waals surface area (Å²) in [6, 6.07) is 11.1. The van der Waals surface area contributed by atoms with Gasteiger partial charge < -0.3 is 5.32 Å². The van der Waals surface area contributed by atoms with E-state index in [0.29, 0.717) is 12.0 Å². The lowest BCUT2D eigenvalue weighted by Gasteiger charge is -2.16. The van der Waals surface area contributed by atoms with Crippen LogP contribution in [0.5, 0.6) is 0 Å². The molecular weight excluding hydrogens is 290 g/mol. The minimum Gasteiger partial charge on any atom is -0.367 e. The van der Waals surface area contributed by atoms with Gasteiger partial charge in [-0.1, -0.05) is 26.0 Å². The maximum atomic E-state index is 4.46. The van der Waals surface area contributed by atoms with Gasteiger partial charge in [-0.25, -0.2) is 9.97 Å². The third-order valence-electron chi connectivity index (χ3n) is 3.80. The first-order chi connectivity index (χ1) is 10.6. The summed E-state index contributed by atoms with van der Waals surface area (Å²) in [5.74, 6) is 1.43. The molecule has 22 heavy (non-hydrogen) atoms. The quantitative estimate of drug-likeness (QED) is 0.731. The number of hydrogen-bond donors (Lipinski definition) is 1. The second-order valence-electron chi connectivity index (χ2n) is 5.98. The van der Waals surface area contributed by atoms with Gasteiger partial charge in [-0.2, -0.15) is 0 Å². The number of nitrogens with zero attached hydrogens (tertiary/aromatic N) is 2. The molecule has 1 N–H and O–H groups in total. The highest BCUT2D eigenvalue weighted by Crippen LogP contribution is 2.25. The van der Waals surface area contributed by atoms with Crippen LogP contribution in [0, 0.1) is 0 Å². The molecular formula is C18H21N3S. The Morgan fingerprint density at radius 2 is 2.00 bits per heavy atom. The average Bonchev–Trinajstić information content (AvgIpc) is 2.99. The molecule has 0 spiro atoms. The lowest BCUT2D eigenvalue weighted by molar-refractivity contribution is 0.795. The van der Waals surface area contributed by atoms with Crippen LogP contribution in [0.4, 0.5) is 5.82 Å². The molecule has 3 nitrogen and oxygen atoms in total. The second kappa shape index (κ2) is 6.44. The molecule has 1 aromatic carbocycles. The minimum atomic E-state index is 0.333. The number of rotatable bonds is 5. The lowest BCUT2D eigenvalue weighted by atomic mass is 10.0. The number of anilines is 1. The van der Waals surface area contributed by atoms with Crippen LogP contribution in [-0.2, 0) is 6.42 Å². The van der Waals surface area contributed by atoms with Crippen molar-refractivity contribution >= 4 is 28.1 Å². The minimum absolute atomic E-state index is 0.333. The van der Waals surface area contributed by atoms with E-state index >= 15 is 0 Å². The fraction of sp³-hybridized carbons (Fsp3) is 0.333. The fourth-order valence-electron chi connectivity index (χ4n) is 2.56. The van der Waals surface area contributed by atoms with Gasteiger partial charge in [0, 0.05) is 22.7 Å². The van der Waals surface area contributed by atoms with Crippen LogP contribution in [0.2, 0.25) is 0 Å². The van der Waals surface area contributed by atoms with Gasteiger partial charge in [0.1, 0.15) is 12.1 Å². The number of fused-ring (bicyclic) bond motifs is 1. The van der Waals surface area contributed by atoms with Crippen molar-refractivity contribution in [1.82, 2.24) is 9.97 Å². The molecule has 0 bridgehead atoms. The van der Waals surface area contributed by atoms with Gasteiger partial charge in [0.05, 0.1) is 5.52 Å². The van der Waals surface area contributed by atoms with E-state index < -0.39 is 0 Å². The first kappa shape index (κ1) is 15.0. The Morgan fingerprint density at radius 3 is 2.73 bits per heavy atom. The van der Waals surface area contributed by atoms with Crippen molar-refractivity contribution in [2.75, 3.05) is 5.32 Å². The summed E-state index contributed by atoms with van der Waals surface area (Å²) in [4.78, 5) is 10.2. The van der Waals surface area contributed by atoms with E-state index in [1.165, 1.54) is 10.4 Å². The predicted octanol–water partition coefficient (Wildman–Crippen LogP) is 4.86. The van der Waals surface area contributed by atoms with Crippen LogP contribution in [0.25, 0.3) is 10.9 Å². The van der Waals surface area contributed by atoms with Crippen molar-refractivity contribution in [2.24, 2.45) is 0 Å². The molecule has 0 amide bonds. The standard InChI is InChI=1S/C18H21N3S/c1-12(2)14-6-7-17-16(10-14)18(20-11-19-17)21-13(3)9-15-5-4-8-22-15/h4-8,10-13H,9H2,1-3H3,(H,19,20,21). The Kier molecular flexibility index (Phi) is 4.39. The number of hydrogen-bond acceptors (Lipinski definition) is 4. The summed E-state index contributed by atoms with van der Waals surface area (Å²) in [6.07, 6.45) is 2.64. The topological polar surface area (TPSA) is 37.8 Å². The van der Waals surface area contributed by atoms with E-state index in [2.05, 4.69) is 71.8 Å². The number of benzene rings is 1. The monoisotopic (exact) mass is 311 g/mol. The van der Waals surface area contributed by atoms with Gasteiger partial charge >= 0.3 is 0 Å². The molecule has 0 radical (unpaired) electrons. The zero-order valence-electron chi connectivity index (χ0n) is 13.2. The average molecular weight is 311 g/mol. The van der Waals surface area contributed by atoms with Crippen molar-refractivity contribution in [3.05, 3.63) is 52.5 Å². The summed E-state index contributed by atoms with van der Waals surface area (Å²) in [5.41, 5.74) is 2.31. The molecule has 0 fully saturated rings. The molecule has 2 aromatic heterocycles. The fourth-order valence-corrected chi connectivity index (χ4v) is 3.40. The summed E-state index contributed by atoms with van der Waals surface area (Å²) >= 11 is 1.80. The van der Waals surface area contributed by atoms with Gasteiger partial charge in [0.25, 0.3) is 0 Å². The molecule has 1 atom stereocenters. The highest BCUT2D eigenvalue weighted by atomic mass is 32.1. The molecule has 0 saturated carbocycles. The zero-order valence-corrected chi connectivity index (χ0v) is 14.0. The molecule has 1 unspecified atom stereocenters. The van der Waals surface area contributed by atoms with Crippen molar-refractivity contribution in [3.8, 4) is 0 Å². The van der Waals surface area contributed by atoms with Crippen LogP contribution in [0.15, 0.2) is 42.0 Å². The van der Waals surface area contributed by atoms with E-state index in [-0.39, 0.29) is 0 Å². The normalized spacial score (nSPS) is 12.7. The Bertz CT molecular complexity index is 750. The summed E-state index contributed by atoms with van der Waals surface area (Å²) < 4.78 is 0. The molecule has 0 aliphatic heterocycles. The number of thiophene rings is 1. The van der Waals surface area contributed by atoms with Crippen LogP contribution in [0.3, 0.4) is 0 Å². The van der Waals surface area contributed by atoms with Crippen molar-refractivity contribution in [1.29, 1.82) is 0 Å². The summed E-state index contributed by atoms with van der Waals surface area (Å²) in [7, 11) is 0. The predicted molar refractivity (Wildman–Crippen MR) is 94.7 cm³/mol. The van der Waals surface area contributed by atoms with Crippen LogP contribution in [-0.4, -0.2) is 16.0 Å². The molecule has 3 rings (SSSR count). The molecule has 2 heterocycles. The van der Waals surface area contributed by atoms with Gasteiger partial charge in [-0.15, -0.1) is 11.3 Å². The smallest absolute Gasteiger partial charge is 0.137 e. The molecule has 4 heteroatoms. The molecule has 3 aromatic rings. The van der Waals surface area contributed by atoms with Crippen molar-refractivity contribution in [3.63, 3.8) is 0 Å². The largest absolute Gasteiger partial charge is 0.367 e. The second-order valence-corrected chi connectivity index (χ2v) is 7.01. The number of aromatic nitrogens is 2.